The SMILES string of the molecule is Cn1ccnc1C(O)C1CCN(C(C2CCCO2)C(F)(F)F)CC1. The van der Waals surface area contributed by atoms with Crippen LogP contribution in [0.25, 0.3) is 0 Å². The number of alkyl halides is 3. The Morgan fingerprint density at radius 1 is 1.29 bits per heavy atom. The lowest BCUT2D eigenvalue weighted by molar-refractivity contribution is -0.213. The number of aliphatic hydroxyl groups is 1. The standard InChI is InChI=1S/C16H24F3N3O2/c1-21-9-6-20-15(21)13(23)11-4-7-22(8-5-11)14(16(17,18)19)12-3-2-10-24-12/h6,9,11-14,23H,2-5,7-8,10H2,1H3. The molecule has 3 rings (SSSR count). The molecular formula is C16H24F3N3O2. The monoisotopic (exact) mass is 347 g/mol. The van der Waals surface area contributed by atoms with Crippen LogP contribution in [0.1, 0.15) is 37.6 Å². The fourth-order valence-corrected chi connectivity index (χ4v) is 3.89. The number of hydrogen-bond acceptors (Lipinski definition) is 4. The summed E-state index contributed by atoms with van der Waals surface area (Å²) in [6, 6.07) is -1.54. The second kappa shape index (κ2) is 7.01. The van der Waals surface area contributed by atoms with E-state index in [2.05, 4.69) is 4.98 Å². The van der Waals surface area contributed by atoms with E-state index in [0.717, 1.165) is 0 Å². The molecule has 0 aromatic carbocycles. The molecule has 3 unspecified atom stereocenters. The van der Waals surface area contributed by atoms with Gasteiger partial charge in [-0.1, -0.05) is 0 Å². The number of aryl methyl sites for hydroxylation is 1. The molecule has 0 radical (unpaired) electrons. The lowest BCUT2D eigenvalue weighted by Gasteiger charge is -2.41. The van der Waals surface area contributed by atoms with Crippen LogP contribution in [0.4, 0.5) is 13.2 Å². The van der Waals surface area contributed by atoms with Gasteiger partial charge >= 0.3 is 6.18 Å². The van der Waals surface area contributed by atoms with Crippen LogP contribution in [-0.2, 0) is 11.8 Å². The number of likely N-dealkylation sites (tertiary alicyclic amines) is 1. The van der Waals surface area contributed by atoms with Crippen molar-refractivity contribution in [3.05, 3.63) is 18.2 Å². The number of nitrogens with zero attached hydrogens (tertiary/aromatic N) is 3. The maximum atomic E-state index is 13.5. The van der Waals surface area contributed by atoms with Gasteiger partial charge in [-0.25, -0.2) is 4.98 Å². The quantitative estimate of drug-likeness (QED) is 0.908. The Hall–Kier alpha value is -1.12. The van der Waals surface area contributed by atoms with Gasteiger partial charge in [0.05, 0.1) is 6.10 Å². The molecule has 2 aliphatic heterocycles. The summed E-state index contributed by atoms with van der Waals surface area (Å²) in [7, 11) is 1.80. The predicted octanol–water partition coefficient (Wildman–Crippen LogP) is 2.28. The number of halogens is 3. The summed E-state index contributed by atoms with van der Waals surface area (Å²) < 4.78 is 47.6. The van der Waals surface area contributed by atoms with Crippen LogP contribution in [0.3, 0.4) is 0 Å². The Morgan fingerprint density at radius 2 is 2.00 bits per heavy atom. The average molecular weight is 347 g/mol. The minimum absolute atomic E-state index is 0.0688. The first-order valence-corrected chi connectivity index (χ1v) is 8.45. The molecule has 0 spiro atoms. The molecule has 2 saturated heterocycles. The van der Waals surface area contributed by atoms with Crippen LogP contribution >= 0.6 is 0 Å². The minimum atomic E-state index is -4.29. The topological polar surface area (TPSA) is 50.5 Å². The summed E-state index contributed by atoms with van der Waals surface area (Å²) in [5, 5.41) is 10.5. The number of piperidine rings is 1. The van der Waals surface area contributed by atoms with Gasteiger partial charge in [0.2, 0.25) is 0 Å². The Kier molecular flexibility index (Phi) is 5.17. The van der Waals surface area contributed by atoms with Crippen LogP contribution < -0.4 is 0 Å². The van der Waals surface area contributed by atoms with Crippen molar-refractivity contribution >= 4 is 0 Å². The highest BCUT2D eigenvalue weighted by molar-refractivity contribution is 4.99. The molecule has 1 N–H and O–H groups in total. The van der Waals surface area contributed by atoms with Crippen molar-refractivity contribution in [2.45, 2.75) is 50.1 Å². The lowest BCUT2D eigenvalue weighted by atomic mass is 9.89. The highest BCUT2D eigenvalue weighted by Crippen LogP contribution is 2.37. The molecule has 0 saturated carbocycles. The third-order valence-electron chi connectivity index (χ3n) is 5.19. The summed E-state index contributed by atoms with van der Waals surface area (Å²) in [6.07, 6.45) is -0.234. The van der Waals surface area contributed by atoms with E-state index in [1.165, 1.54) is 4.90 Å². The van der Waals surface area contributed by atoms with Crippen molar-refractivity contribution in [1.82, 2.24) is 14.5 Å². The van der Waals surface area contributed by atoms with Crippen molar-refractivity contribution < 1.29 is 23.0 Å². The van der Waals surface area contributed by atoms with E-state index in [9.17, 15) is 18.3 Å². The number of imidazole rings is 1. The summed E-state index contributed by atoms with van der Waals surface area (Å²) in [5.41, 5.74) is 0. The van der Waals surface area contributed by atoms with Gasteiger partial charge < -0.3 is 14.4 Å². The summed E-state index contributed by atoms with van der Waals surface area (Å²) in [5.74, 6) is 0.501. The maximum absolute atomic E-state index is 13.5. The Labute approximate surface area is 139 Å². The predicted molar refractivity (Wildman–Crippen MR) is 81.3 cm³/mol. The van der Waals surface area contributed by atoms with Crippen molar-refractivity contribution in [1.29, 1.82) is 0 Å². The van der Waals surface area contributed by atoms with Gasteiger partial charge in [-0.05, 0) is 44.7 Å². The van der Waals surface area contributed by atoms with Crippen molar-refractivity contribution in [3.63, 3.8) is 0 Å². The number of hydrogen-bond donors (Lipinski definition) is 1. The molecule has 1 aromatic heterocycles. The first kappa shape index (κ1) is 17.7. The van der Waals surface area contributed by atoms with Gasteiger partial charge in [-0.15, -0.1) is 0 Å². The third-order valence-corrected chi connectivity index (χ3v) is 5.19. The van der Waals surface area contributed by atoms with Crippen molar-refractivity contribution in [2.24, 2.45) is 13.0 Å². The first-order chi connectivity index (χ1) is 11.4. The minimum Gasteiger partial charge on any atom is -0.385 e. The van der Waals surface area contributed by atoms with Gasteiger partial charge in [0, 0.05) is 26.0 Å². The Bertz CT molecular complexity index is 535. The van der Waals surface area contributed by atoms with Gasteiger partial charge in [0.15, 0.2) is 0 Å². The molecule has 2 fully saturated rings. The van der Waals surface area contributed by atoms with Gasteiger partial charge in [-0.2, -0.15) is 13.2 Å². The van der Waals surface area contributed by atoms with Gasteiger partial charge in [-0.3, -0.25) is 4.90 Å². The molecule has 3 atom stereocenters. The van der Waals surface area contributed by atoms with Crippen LogP contribution in [-0.4, -0.2) is 57.6 Å². The maximum Gasteiger partial charge on any atom is 0.406 e. The van der Waals surface area contributed by atoms with Gasteiger partial charge in [0.1, 0.15) is 18.0 Å². The first-order valence-electron chi connectivity index (χ1n) is 8.45. The van der Waals surface area contributed by atoms with Gasteiger partial charge in [0.25, 0.3) is 0 Å². The third kappa shape index (κ3) is 3.60. The van der Waals surface area contributed by atoms with Crippen LogP contribution in [0, 0.1) is 5.92 Å². The molecule has 2 aliphatic rings. The summed E-state index contributed by atoms with van der Waals surface area (Å²) in [6.45, 7) is 1.04. The van der Waals surface area contributed by atoms with Crippen LogP contribution in [0.15, 0.2) is 12.4 Å². The molecule has 3 heterocycles. The molecule has 8 heteroatoms. The molecule has 5 nitrogen and oxygen atoms in total. The van der Waals surface area contributed by atoms with E-state index >= 15 is 0 Å². The van der Waals surface area contributed by atoms with E-state index in [1.807, 2.05) is 0 Å². The smallest absolute Gasteiger partial charge is 0.385 e. The fraction of sp³-hybridized carbons (Fsp3) is 0.812. The van der Waals surface area contributed by atoms with Crippen LogP contribution in [0.2, 0.25) is 0 Å². The lowest BCUT2D eigenvalue weighted by Crippen LogP contribution is -2.55. The molecule has 0 aliphatic carbocycles. The summed E-state index contributed by atoms with van der Waals surface area (Å²) in [4.78, 5) is 5.63. The van der Waals surface area contributed by atoms with Crippen molar-refractivity contribution in [2.75, 3.05) is 19.7 Å². The molecule has 24 heavy (non-hydrogen) atoms. The van der Waals surface area contributed by atoms with E-state index in [4.69, 9.17) is 4.74 Å². The number of aliphatic hydroxyl groups excluding tert-OH is 1. The van der Waals surface area contributed by atoms with Crippen molar-refractivity contribution in [3.8, 4) is 0 Å². The van der Waals surface area contributed by atoms with E-state index < -0.39 is 24.4 Å². The molecule has 1 aromatic rings. The highest BCUT2D eigenvalue weighted by atomic mass is 19.4. The highest BCUT2D eigenvalue weighted by Gasteiger charge is 2.50. The molecule has 0 bridgehead atoms. The second-order valence-corrected chi connectivity index (χ2v) is 6.75. The fourth-order valence-electron chi connectivity index (χ4n) is 3.89. The normalized spacial score (nSPS) is 26.6. The van der Waals surface area contributed by atoms with E-state index in [-0.39, 0.29) is 5.92 Å². The number of rotatable bonds is 4. The van der Waals surface area contributed by atoms with E-state index in [0.29, 0.717) is 51.2 Å². The zero-order valence-electron chi connectivity index (χ0n) is 13.7. The molecule has 136 valence electrons. The molecule has 0 amide bonds. The second-order valence-electron chi connectivity index (χ2n) is 6.75. The largest absolute Gasteiger partial charge is 0.406 e. The zero-order valence-corrected chi connectivity index (χ0v) is 13.7. The van der Waals surface area contributed by atoms with Crippen LogP contribution in [0.5, 0.6) is 0 Å². The average Bonchev–Trinajstić information content (AvgIpc) is 3.18. The summed E-state index contributed by atoms with van der Waals surface area (Å²) >= 11 is 0. The number of ether oxygens (including phenoxy) is 1. The Morgan fingerprint density at radius 3 is 2.50 bits per heavy atom. The molecular weight excluding hydrogens is 323 g/mol. The Balaban J connectivity index is 1.63. The zero-order chi connectivity index (χ0) is 17.3. The number of aromatic nitrogens is 2. The van der Waals surface area contributed by atoms with E-state index in [1.54, 1.807) is 24.0 Å².